The predicted molar refractivity (Wildman–Crippen MR) is 133 cm³/mol. The molecule has 190 valence electrons. The summed E-state index contributed by atoms with van der Waals surface area (Å²) >= 11 is 0. The molecule has 2 saturated heterocycles. The van der Waals surface area contributed by atoms with Gasteiger partial charge in [-0.15, -0.1) is 0 Å². The van der Waals surface area contributed by atoms with Crippen LogP contribution in [0.4, 0.5) is 5.69 Å². The van der Waals surface area contributed by atoms with Gasteiger partial charge in [-0.25, -0.2) is 4.90 Å². The number of para-hydroxylation sites is 1. The van der Waals surface area contributed by atoms with Crippen molar-refractivity contribution in [3.05, 3.63) is 65.7 Å². The Morgan fingerprint density at radius 3 is 2.41 bits per heavy atom. The number of phenolic OH excluding ortho intramolecular Hbond substituents is 1. The first-order valence-electron chi connectivity index (χ1n) is 12.5. The third-order valence-corrected chi connectivity index (χ3v) is 9.06. The molecule has 6 atom stereocenters. The zero-order valence-corrected chi connectivity index (χ0v) is 20.9. The molecule has 2 heterocycles. The van der Waals surface area contributed by atoms with Crippen LogP contribution in [0.1, 0.15) is 31.2 Å². The standard InChI is InChI=1S/C29H28N2O6/c1-29-21(26(34)31(28(29)36)15-7-5-4-6-8-15)14-19-17(10-11-18-23(19)27(35)30(2)25(18)33)24(29)20-13-16(37-3)9-12-22(20)32/h4-10,12-13,18-19,21,23-24,32H,11,14H2,1-3H3. The van der Waals surface area contributed by atoms with Gasteiger partial charge >= 0.3 is 0 Å². The molecule has 1 N–H and O–H groups in total. The third-order valence-electron chi connectivity index (χ3n) is 9.06. The predicted octanol–water partition coefficient (Wildman–Crippen LogP) is 3.26. The number of allylic oxidation sites excluding steroid dienone is 2. The van der Waals surface area contributed by atoms with Crippen LogP contribution < -0.4 is 9.64 Å². The van der Waals surface area contributed by atoms with Gasteiger partial charge in [0.1, 0.15) is 11.5 Å². The van der Waals surface area contributed by atoms with Crippen LogP contribution in [0, 0.1) is 29.1 Å². The Bertz CT molecular complexity index is 1380. The van der Waals surface area contributed by atoms with E-state index in [1.807, 2.05) is 12.1 Å². The van der Waals surface area contributed by atoms with Gasteiger partial charge in [0.25, 0.3) is 0 Å². The van der Waals surface area contributed by atoms with E-state index in [4.69, 9.17) is 4.74 Å². The fourth-order valence-corrected chi connectivity index (χ4v) is 7.23. The van der Waals surface area contributed by atoms with Crippen LogP contribution in [0.5, 0.6) is 11.5 Å². The van der Waals surface area contributed by atoms with E-state index >= 15 is 0 Å². The fraction of sp³-hybridized carbons (Fsp3) is 0.379. The van der Waals surface area contributed by atoms with E-state index in [9.17, 15) is 24.3 Å². The first kappa shape index (κ1) is 23.5. The maximum Gasteiger partial charge on any atom is 0.241 e. The first-order chi connectivity index (χ1) is 17.7. The van der Waals surface area contributed by atoms with Gasteiger partial charge in [0, 0.05) is 18.5 Å². The molecular weight excluding hydrogens is 472 g/mol. The fourth-order valence-electron chi connectivity index (χ4n) is 7.23. The number of carbonyl (C=O) groups excluding carboxylic acids is 4. The van der Waals surface area contributed by atoms with E-state index in [0.29, 0.717) is 23.4 Å². The number of imide groups is 2. The van der Waals surface area contributed by atoms with Crippen LogP contribution in [0.15, 0.2) is 60.2 Å². The van der Waals surface area contributed by atoms with E-state index in [-0.39, 0.29) is 35.8 Å². The number of likely N-dealkylation sites (tertiary alicyclic amines) is 1. The number of phenols is 1. The normalized spacial score (nSPS) is 32.7. The second kappa shape index (κ2) is 8.03. The summed E-state index contributed by atoms with van der Waals surface area (Å²) in [6.07, 6.45) is 2.62. The number of benzene rings is 2. The Balaban J connectivity index is 1.57. The van der Waals surface area contributed by atoms with E-state index < -0.39 is 35.0 Å². The lowest BCUT2D eigenvalue weighted by Gasteiger charge is -2.49. The van der Waals surface area contributed by atoms with Crippen molar-refractivity contribution in [3.8, 4) is 11.5 Å². The Labute approximate surface area is 214 Å². The summed E-state index contributed by atoms with van der Waals surface area (Å²) in [7, 11) is 3.03. The van der Waals surface area contributed by atoms with Crippen molar-refractivity contribution in [2.75, 3.05) is 19.1 Å². The summed E-state index contributed by atoms with van der Waals surface area (Å²) in [6.45, 7) is 1.79. The van der Waals surface area contributed by atoms with Crippen molar-refractivity contribution < 1.29 is 29.0 Å². The molecule has 6 unspecified atom stereocenters. The summed E-state index contributed by atoms with van der Waals surface area (Å²) in [4.78, 5) is 56.7. The van der Waals surface area contributed by atoms with Crippen LogP contribution in [0.3, 0.4) is 0 Å². The number of methoxy groups -OCH3 is 1. The zero-order chi connectivity index (χ0) is 26.2. The molecule has 2 aliphatic carbocycles. The number of fused-ring (bicyclic) bond motifs is 4. The highest BCUT2D eigenvalue weighted by molar-refractivity contribution is 6.24. The number of carbonyl (C=O) groups is 4. The SMILES string of the molecule is COc1ccc(O)c(C2C3=CCC4C(=O)N(C)C(=O)C4C3CC3C(=O)N(c4ccccc4)C(=O)C32C)c1. The lowest BCUT2D eigenvalue weighted by atomic mass is 9.51. The van der Waals surface area contributed by atoms with Crippen LogP contribution in [0.25, 0.3) is 0 Å². The van der Waals surface area contributed by atoms with Gasteiger partial charge in [0.05, 0.1) is 36.0 Å². The summed E-state index contributed by atoms with van der Waals surface area (Å²) in [5, 5.41) is 11.0. The van der Waals surface area contributed by atoms with Crippen LogP contribution in [0.2, 0.25) is 0 Å². The van der Waals surface area contributed by atoms with E-state index in [0.717, 1.165) is 5.57 Å². The number of anilines is 1. The van der Waals surface area contributed by atoms with Gasteiger partial charge in [-0.3, -0.25) is 24.1 Å². The smallest absolute Gasteiger partial charge is 0.241 e. The first-order valence-corrected chi connectivity index (χ1v) is 12.5. The minimum absolute atomic E-state index is 0.0150. The molecule has 8 heteroatoms. The van der Waals surface area contributed by atoms with Gasteiger partial charge < -0.3 is 9.84 Å². The lowest BCUT2D eigenvalue weighted by molar-refractivity contribution is -0.138. The van der Waals surface area contributed by atoms with Crippen molar-refractivity contribution in [3.63, 3.8) is 0 Å². The second-order valence-electron chi connectivity index (χ2n) is 10.7. The molecule has 4 aliphatic rings. The number of nitrogens with zero attached hydrogens (tertiary/aromatic N) is 2. The third kappa shape index (κ3) is 3.01. The Kier molecular flexibility index (Phi) is 5.09. The van der Waals surface area contributed by atoms with Crippen molar-refractivity contribution in [2.45, 2.75) is 25.7 Å². The average molecular weight is 501 g/mol. The second-order valence-corrected chi connectivity index (χ2v) is 10.7. The highest BCUT2D eigenvalue weighted by Gasteiger charge is 2.67. The van der Waals surface area contributed by atoms with Gasteiger partial charge in [-0.2, -0.15) is 0 Å². The number of aromatic hydroxyl groups is 1. The minimum atomic E-state index is -1.20. The minimum Gasteiger partial charge on any atom is -0.508 e. The Morgan fingerprint density at radius 1 is 0.973 bits per heavy atom. The Morgan fingerprint density at radius 2 is 1.70 bits per heavy atom. The van der Waals surface area contributed by atoms with Crippen LogP contribution in [-0.2, 0) is 19.2 Å². The number of ether oxygens (including phenoxy) is 1. The number of hydrogen-bond donors (Lipinski definition) is 1. The maximum atomic E-state index is 14.2. The zero-order valence-electron chi connectivity index (χ0n) is 20.9. The molecule has 1 saturated carbocycles. The van der Waals surface area contributed by atoms with Gasteiger partial charge in [-0.05, 0) is 56.0 Å². The van der Waals surface area contributed by atoms with Crippen molar-refractivity contribution in [2.24, 2.45) is 29.1 Å². The van der Waals surface area contributed by atoms with Crippen LogP contribution >= 0.6 is 0 Å². The molecule has 0 bridgehead atoms. The van der Waals surface area contributed by atoms with E-state index in [2.05, 4.69) is 0 Å². The van der Waals surface area contributed by atoms with Crippen molar-refractivity contribution in [1.29, 1.82) is 0 Å². The molecule has 2 aromatic carbocycles. The molecule has 37 heavy (non-hydrogen) atoms. The highest BCUT2D eigenvalue weighted by atomic mass is 16.5. The number of amides is 4. The molecule has 6 rings (SSSR count). The quantitative estimate of drug-likeness (QED) is 0.513. The molecule has 0 spiro atoms. The molecule has 3 fully saturated rings. The van der Waals surface area contributed by atoms with Gasteiger partial charge in [0.2, 0.25) is 23.6 Å². The number of hydrogen-bond acceptors (Lipinski definition) is 6. The van der Waals surface area contributed by atoms with E-state index in [1.54, 1.807) is 43.3 Å². The summed E-state index contributed by atoms with van der Waals surface area (Å²) in [5.41, 5.74) is 0.589. The van der Waals surface area contributed by atoms with Gasteiger partial charge in [-0.1, -0.05) is 29.8 Å². The largest absolute Gasteiger partial charge is 0.508 e. The molecule has 2 aliphatic heterocycles. The topological polar surface area (TPSA) is 104 Å². The molecule has 2 aromatic rings. The van der Waals surface area contributed by atoms with Crippen LogP contribution in [-0.4, -0.2) is 47.8 Å². The molecule has 8 nitrogen and oxygen atoms in total. The summed E-state index contributed by atoms with van der Waals surface area (Å²) < 4.78 is 5.44. The summed E-state index contributed by atoms with van der Waals surface area (Å²) in [6, 6.07) is 13.7. The average Bonchev–Trinajstić information content (AvgIpc) is 3.24. The molecule has 4 amide bonds. The van der Waals surface area contributed by atoms with E-state index in [1.165, 1.54) is 30.0 Å². The monoisotopic (exact) mass is 500 g/mol. The molecule has 0 radical (unpaired) electrons. The van der Waals surface area contributed by atoms with Crippen molar-refractivity contribution in [1.82, 2.24) is 4.90 Å². The number of rotatable bonds is 3. The van der Waals surface area contributed by atoms with Gasteiger partial charge in [0.15, 0.2) is 0 Å². The highest BCUT2D eigenvalue weighted by Crippen LogP contribution is 2.64. The lowest BCUT2D eigenvalue weighted by Crippen LogP contribution is -2.48. The Hall–Kier alpha value is -3.94. The molecule has 0 aromatic heterocycles. The maximum absolute atomic E-state index is 14.2. The molecular formula is C29H28N2O6. The van der Waals surface area contributed by atoms with Crippen molar-refractivity contribution >= 4 is 29.3 Å². The summed E-state index contributed by atoms with van der Waals surface area (Å²) in [5.74, 6) is -3.51.